The zero-order valence-corrected chi connectivity index (χ0v) is 12.4. The van der Waals surface area contributed by atoms with Crippen molar-refractivity contribution in [3.63, 3.8) is 0 Å². The highest BCUT2D eigenvalue weighted by atomic mass is 16.6. The number of ether oxygens (including phenoxy) is 1. The fourth-order valence-corrected chi connectivity index (χ4v) is 2.24. The van der Waals surface area contributed by atoms with Gasteiger partial charge in [-0.1, -0.05) is 6.07 Å². The highest BCUT2D eigenvalue weighted by Gasteiger charge is 2.27. The summed E-state index contributed by atoms with van der Waals surface area (Å²) >= 11 is 0. The Labute approximate surface area is 131 Å². The fraction of sp³-hybridized carbons (Fsp3) is 0.125. The molecule has 0 N–H and O–H groups in total. The lowest BCUT2D eigenvalue weighted by molar-refractivity contribution is -0.385. The molecule has 0 aliphatic carbocycles. The van der Waals surface area contributed by atoms with E-state index in [9.17, 15) is 14.9 Å². The summed E-state index contributed by atoms with van der Waals surface area (Å²) in [5, 5.41) is 11.0. The van der Waals surface area contributed by atoms with Crippen molar-refractivity contribution < 1.29 is 18.9 Å². The number of nitrogens with zero attached hydrogens (tertiary/aromatic N) is 2. The summed E-state index contributed by atoms with van der Waals surface area (Å²) in [4.78, 5) is 26.6. The molecule has 0 spiro atoms. The number of hydrogen-bond donors (Lipinski definition) is 0. The number of hydrogen-bond acceptors (Lipinski definition) is 6. The molecule has 0 atom stereocenters. The average molecular weight is 312 g/mol. The number of carbonyl (C=O) groups excluding carboxylic acids is 1. The Morgan fingerprint density at radius 2 is 2.00 bits per heavy atom. The second kappa shape index (κ2) is 5.53. The summed E-state index contributed by atoms with van der Waals surface area (Å²) in [5.41, 5.74) is 0.825. The maximum atomic E-state index is 11.9. The molecule has 116 valence electrons. The second-order valence-electron chi connectivity index (χ2n) is 4.99. The molecule has 0 radical (unpaired) electrons. The number of benzene rings is 1. The standard InChI is InChI=1S/C16H12N2O5/c1-9-6-7-11(22-9)8-13-16(19)23-15(17-13)12-4-3-5-14(10(12)2)18(20)21/h3-8H,1-2H3/b13-8-. The van der Waals surface area contributed by atoms with Crippen LogP contribution < -0.4 is 0 Å². The molecule has 2 heterocycles. The van der Waals surface area contributed by atoms with E-state index in [0.29, 0.717) is 22.6 Å². The van der Waals surface area contributed by atoms with E-state index >= 15 is 0 Å². The van der Waals surface area contributed by atoms with Gasteiger partial charge in [0.25, 0.3) is 5.69 Å². The molecule has 23 heavy (non-hydrogen) atoms. The molecule has 0 fully saturated rings. The van der Waals surface area contributed by atoms with Crippen molar-refractivity contribution in [3.8, 4) is 0 Å². The summed E-state index contributed by atoms with van der Waals surface area (Å²) in [6.07, 6.45) is 1.47. The number of carbonyl (C=O) groups is 1. The number of rotatable bonds is 3. The van der Waals surface area contributed by atoms with Crippen molar-refractivity contribution in [3.05, 3.63) is 68.8 Å². The number of esters is 1. The zero-order chi connectivity index (χ0) is 16.6. The summed E-state index contributed by atoms with van der Waals surface area (Å²) < 4.78 is 10.5. The largest absolute Gasteiger partial charge is 0.462 e. The lowest BCUT2D eigenvalue weighted by atomic mass is 10.1. The van der Waals surface area contributed by atoms with Gasteiger partial charge >= 0.3 is 5.97 Å². The monoisotopic (exact) mass is 312 g/mol. The van der Waals surface area contributed by atoms with Gasteiger partial charge in [0.2, 0.25) is 5.90 Å². The van der Waals surface area contributed by atoms with Crippen LogP contribution in [-0.4, -0.2) is 16.8 Å². The van der Waals surface area contributed by atoms with E-state index in [4.69, 9.17) is 9.15 Å². The SMILES string of the molecule is Cc1ccc(/C=C2\N=C(c3cccc([N+](=O)[O-])c3C)OC2=O)o1. The number of aliphatic imine (C=N–C) groups is 1. The molecule has 7 nitrogen and oxygen atoms in total. The molecule has 1 aliphatic heterocycles. The van der Waals surface area contributed by atoms with Crippen LogP contribution in [-0.2, 0) is 9.53 Å². The molecule has 7 heteroatoms. The Bertz CT molecular complexity index is 876. The number of nitro groups is 1. The van der Waals surface area contributed by atoms with Crippen LogP contribution in [0.1, 0.15) is 22.6 Å². The second-order valence-corrected chi connectivity index (χ2v) is 4.99. The molecular weight excluding hydrogens is 300 g/mol. The van der Waals surface area contributed by atoms with Gasteiger partial charge in [-0.05, 0) is 32.0 Å². The Morgan fingerprint density at radius 3 is 2.65 bits per heavy atom. The molecule has 1 aliphatic rings. The van der Waals surface area contributed by atoms with Crippen LogP contribution in [0.4, 0.5) is 5.69 Å². The minimum absolute atomic E-state index is 0.0470. The first-order valence-electron chi connectivity index (χ1n) is 6.79. The van der Waals surface area contributed by atoms with Gasteiger partial charge in [-0.15, -0.1) is 0 Å². The van der Waals surface area contributed by atoms with E-state index in [2.05, 4.69) is 4.99 Å². The van der Waals surface area contributed by atoms with E-state index in [1.54, 1.807) is 32.0 Å². The van der Waals surface area contributed by atoms with Gasteiger partial charge in [0.05, 0.1) is 4.92 Å². The maximum Gasteiger partial charge on any atom is 0.363 e. The van der Waals surface area contributed by atoms with E-state index in [0.717, 1.165) is 0 Å². The molecule has 0 bridgehead atoms. The van der Waals surface area contributed by atoms with Gasteiger partial charge in [-0.3, -0.25) is 10.1 Å². The first-order chi connectivity index (χ1) is 11.0. The van der Waals surface area contributed by atoms with Crippen molar-refractivity contribution in [2.75, 3.05) is 0 Å². The maximum absolute atomic E-state index is 11.9. The quantitative estimate of drug-likeness (QED) is 0.375. The summed E-state index contributed by atoms with van der Waals surface area (Å²) in [7, 11) is 0. The topological polar surface area (TPSA) is 94.9 Å². The van der Waals surface area contributed by atoms with E-state index in [-0.39, 0.29) is 17.3 Å². The summed E-state index contributed by atoms with van der Waals surface area (Å²) in [6, 6.07) is 8.01. The smallest absolute Gasteiger partial charge is 0.363 e. The third-order valence-corrected chi connectivity index (χ3v) is 3.39. The molecule has 0 unspecified atom stereocenters. The first kappa shape index (κ1) is 14.7. The van der Waals surface area contributed by atoms with E-state index in [1.807, 2.05) is 0 Å². The Kier molecular flexibility index (Phi) is 3.53. The van der Waals surface area contributed by atoms with Crippen molar-refractivity contribution in [1.82, 2.24) is 0 Å². The molecule has 0 amide bonds. The van der Waals surface area contributed by atoms with Crippen LogP contribution in [0.15, 0.2) is 45.4 Å². The summed E-state index contributed by atoms with van der Waals surface area (Å²) in [5.74, 6) is 0.614. The van der Waals surface area contributed by atoms with Crippen molar-refractivity contribution >= 4 is 23.6 Å². The molecule has 1 aromatic carbocycles. The van der Waals surface area contributed by atoms with Crippen LogP contribution in [0.25, 0.3) is 6.08 Å². The van der Waals surface area contributed by atoms with Crippen LogP contribution in [0.3, 0.4) is 0 Å². The van der Waals surface area contributed by atoms with Crippen molar-refractivity contribution in [2.45, 2.75) is 13.8 Å². The molecule has 1 aromatic heterocycles. The normalized spacial score (nSPS) is 15.7. The Morgan fingerprint density at radius 1 is 1.22 bits per heavy atom. The highest BCUT2D eigenvalue weighted by Crippen LogP contribution is 2.26. The Hall–Kier alpha value is -3.22. The van der Waals surface area contributed by atoms with E-state index < -0.39 is 10.9 Å². The molecule has 2 aromatic rings. The van der Waals surface area contributed by atoms with Crippen LogP contribution in [0.2, 0.25) is 0 Å². The minimum Gasteiger partial charge on any atom is -0.462 e. The highest BCUT2D eigenvalue weighted by molar-refractivity contribution is 6.13. The average Bonchev–Trinajstić information content (AvgIpc) is 3.06. The number of nitro benzene ring substituents is 1. The van der Waals surface area contributed by atoms with Gasteiger partial charge in [-0.25, -0.2) is 9.79 Å². The number of cyclic esters (lactones) is 1. The molecular formula is C16H12N2O5. The van der Waals surface area contributed by atoms with Gasteiger partial charge < -0.3 is 9.15 Å². The predicted octanol–water partition coefficient (Wildman–Crippen LogP) is 3.15. The summed E-state index contributed by atoms with van der Waals surface area (Å²) in [6.45, 7) is 3.37. The van der Waals surface area contributed by atoms with Crippen LogP contribution in [0, 0.1) is 24.0 Å². The van der Waals surface area contributed by atoms with E-state index in [1.165, 1.54) is 18.2 Å². The Balaban J connectivity index is 2.01. The van der Waals surface area contributed by atoms with Gasteiger partial charge in [0, 0.05) is 23.3 Å². The third kappa shape index (κ3) is 2.76. The van der Waals surface area contributed by atoms with Crippen molar-refractivity contribution in [2.24, 2.45) is 4.99 Å². The van der Waals surface area contributed by atoms with Crippen molar-refractivity contribution in [1.29, 1.82) is 0 Å². The molecule has 0 saturated carbocycles. The molecule has 0 saturated heterocycles. The first-order valence-corrected chi connectivity index (χ1v) is 6.79. The minimum atomic E-state index is -0.625. The predicted molar refractivity (Wildman–Crippen MR) is 81.9 cm³/mol. The molecule has 3 rings (SSSR count). The van der Waals surface area contributed by atoms with Crippen LogP contribution in [0.5, 0.6) is 0 Å². The van der Waals surface area contributed by atoms with Gasteiger partial charge in [-0.2, -0.15) is 0 Å². The zero-order valence-electron chi connectivity index (χ0n) is 12.4. The third-order valence-electron chi connectivity index (χ3n) is 3.39. The van der Waals surface area contributed by atoms with Gasteiger partial charge in [0.15, 0.2) is 5.70 Å². The number of furan rings is 1. The van der Waals surface area contributed by atoms with Gasteiger partial charge in [0.1, 0.15) is 11.5 Å². The lowest BCUT2D eigenvalue weighted by Crippen LogP contribution is -2.08. The number of aryl methyl sites for hydroxylation is 1. The van der Waals surface area contributed by atoms with Crippen LogP contribution >= 0.6 is 0 Å². The fourth-order valence-electron chi connectivity index (χ4n) is 2.24. The lowest BCUT2D eigenvalue weighted by Gasteiger charge is -2.04.